The molecule has 0 bridgehead atoms. The van der Waals surface area contributed by atoms with Crippen molar-refractivity contribution in [2.24, 2.45) is 5.92 Å². The van der Waals surface area contributed by atoms with Gasteiger partial charge in [0, 0.05) is 12.6 Å². The van der Waals surface area contributed by atoms with Crippen LogP contribution in [0, 0.1) is 5.92 Å². The number of nitrogens with zero attached hydrogens (tertiary/aromatic N) is 3. The monoisotopic (exact) mass is 366 g/mol. The first kappa shape index (κ1) is 18.9. The number of carbonyl (C=O) groups excluding carboxylic acids is 1. The van der Waals surface area contributed by atoms with Gasteiger partial charge in [0.25, 0.3) is 0 Å². The number of carbonyl (C=O) groups is 1. The summed E-state index contributed by atoms with van der Waals surface area (Å²) in [5, 5.41) is 11.7. The average molecular weight is 366 g/mol. The summed E-state index contributed by atoms with van der Waals surface area (Å²) in [5.41, 5.74) is 1.81. The molecular weight excluding hydrogens is 340 g/mol. The Morgan fingerprint density at radius 3 is 2.70 bits per heavy atom. The van der Waals surface area contributed by atoms with E-state index in [-0.39, 0.29) is 11.9 Å². The van der Waals surface area contributed by atoms with Crippen LogP contribution in [-0.4, -0.2) is 27.6 Å². The first-order chi connectivity index (χ1) is 13.1. The van der Waals surface area contributed by atoms with Gasteiger partial charge in [-0.05, 0) is 42.5 Å². The highest BCUT2D eigenvalue weighted by molar-refractivity contribution is 5.76. The normalized spacial score (nSPS) is 12.3. The van der Waals surface area contributed by atoms with Gasteiger partial charge in [0.1, 0.15) is 5.75 Å². The zero-order valence-corrected chi connectivity index (χ0v) is 16.1. The number of amides is 1. The SMILES string of the molecule is COc1ccccc1CCC(=O)N[C@H](CC(C)C)c1nnc2ccccn12. The molecule has 0 aliphatic rings. The van der Waals surface area contributed by atoms with Gasteiger partial charge >= 0.3 is 0 Å². The highest BCUT2D eigenvalue weighted by atomic mass is 16.5. The van der Waals surface area contributed by atoms with Gasteiger partial charge in [0.15, 0.2) is 11.5 Å². The standard InChI is InChI=1S/C21H26N4O2/c1-15(2)14-17(21-24-23-19-10-6-7-13-25(19)21)22-20(26)12-11-16-8-4-5-9-18(16)27-3/h4-10,13,15,17H,11-12,14H2,1-3H3,(H,22,26)/t17-/m1/s1. The molecule has 142 valence electrons. The van der Waals surface area contributed by atoms with Crippen LogP contribution in [0.5, 0.6) is 5.75 Å². The Bertz CT molecular complexity index is 904. The Kier molecular flexibility index (Phi) is 6.06. The maximum absolute atomic E-state index is 12.6. The number of aryl methyl sites for hydroxylation is 1. The van der Waals surface area contributed by atoms with Gasteiger partial charge in [0.05, 0.1) is 13.2 Å². The molecular formula is C21H26N4O2. The fourth-order valence-corrected chi connectivity index (χ4v) is 3.22. The van der Waals surface area contributed by atoms with E-state index in [0.717, 1.165) is 29.2 Å². The molecule has 0 radical (unpaired) electrons. The molecule has 27 heavy (non-hydrogen) atoms. The van der Waals surface area contributed by atoms with Gasteiger partial charge in [-0.25, -0.2) is 0 Å². The molecule has 1 N–H and O–H groups in total. The number of hydrogen-bond donors (Lipinski definition) is 1. The second-order valence-electron chi connectivity index (χ2n) is 7.05. The van der Waals surface area contributed by atoms with E-state index in [2.05, 4.69) is 29.4 Å². The van der Waals surface area contributed by atoms with Crippen molar-refractivity contribution in [3.63, 3.8) is 0 Å². The third kappa shape index (κ3) is 4.64. The maximum Gasteiger partial charge on any atom is 0.220 e. The van der Waals surface area contributed by atoms with Crippen molar-refractivity contribution in [1.29, 1.82) is 0 Å². The highest BCUT2D eigenvalue weighted by Gasteiger charge is 2.21. The molecule has 6 heteroatoms. The minimum absolute atomic E-state index is 0.000706. The third-order valence-electron chi connectivity index (χ3n) is 4.51. The van der Waals surface area contributed by atoms with Crippen LogP contribution < -0.4 is 10.1 Å². The van der Waals surface area contributed by atoms with Gasteiger partial charge < -0.3 is 10.1 Å². The summed E-state index contributed by atoms with van der Waals surface area (Å²) in [6.45, 7) is 4.27. The number of methoxy groups -OCH3 is 1. The van der Waals surface area contributed by atoms with Crippen molar-refractivity contribution in [2.75, 3.05) is 7.11 Å². The lowest BCUT2D eigenvalue weighted by molar-refractivity contribution is -0.122. The van der Waals surface area contributed by atoms with E-state index in [1.165, 1.54) is 0 Å². The van der Waals surface area contributed by atoms with Crippen LogP contribution >= 0.6 is 0 Å². The zero-order valence-electron chi connectivity index (χ0n) is 16.1. The number of fused-ring (bicyclic) bond motifs is 1. The summed E-state index contributed by atoms with van der Waals surface area (Å²) in [6, 6.07) is 13.4. The molecule has 1 aromatic carbocycles. The number of pyridine rings is 1. The Hall–Kier alpha value is -2.89. The van der Waals surface area contributed by atoms with E-state index in [1.807, 2.05) is 53.1 Å². The van der Waals surface area contributed by atoms with E-state index < -0.39 is 0 Å². The van der Waals surface area contributed by atoms with E-state index in [0.29, 0.717) is 18.8 Å². The first-order valence-corrected chi connectivity index (χ1v) is 9.29. The predicted molar refractivity (Wildman–Crippen MR) is 105 cm³/mol. The lowest BCUT2D eigenvalue weighted by atomic mass is 10.0. The summed E-state index contributed by atoms with van der Waals surface area (Å²) in [5.74, 6) is 2.00. The fraction of sp³-hybridized carbons (Fsp3) is 0.381. The largest absolute Gasteiger partial charge is 0.496 e. The molecule has 2 heterocycles. The average Bonchev–Trinajstić information content (AvgIpc) is 3.10. The number of aromatic nitrogens is 3. The van der Waals surface area contributed by atoms with E-state index in [1.54, 1.807) is 7.11 Å². The van der Waals surface area contributed by atoms with E-state index in [9.17, 15) is 4.79 Å². The Morgan fingerprint density at radius 2 is 1.93 bits per heavy atom. The van der Waals surface area contributed by atoms with E-state index >= 15 is 0 Å². The summed E-state index contributed by atoms with van der Waals surface area (Å²) in [6.07, 6.45) is 3.76. The molecule has 3 rings (SSSR count). The molecule has 6 nitrogen and oxygen atoms in total. The second kappa shape index (κ2) is 8.66. The van der Waals surface area contributed by atoms with Gasteiger partial charge in [-0.1, -0.05) is 38.1 Å². The van der Waals surface area contributed by atoms with Gasteiger partial charge in [-0.15, -0.1) is 10.2 Å². The third-order valence-corrected chi connectivity index (χ3v) is 4.51. The molecule has 0 saturated carbocycles. The first-order valence-electron chi connectivity index (χ1n) is 9.29. The summed E-state index contributed by atoms with van der Waals surface area (Å²) < 4.78 is 7.30. The quantitative estimate of drug-likeness (QED) is 0.662. The summed E-state index contributed by atoms with van der Waals surface area (Å²) in [7, 11) is 1.65. The smallest absolute Gasteiger partial charge is 0.220 e. The molecule has 0 aliphatic carbocycles. The van der Waals surface area contributed by atoms with Crippen LogP contribution in [0.1, 0.15) is 44.1 Å². The number of benzene rings is 1. The molecule has 3 aromatic rings. The maximum atomic E-state index is 12.6. The molecule has 1 atom stereocenters. The van der Waals surface area contributed by atoms with Gasteiger partial charge in [0.2, 0.25) is 5.91 Å². The van der Waals surface area contributed by atoms with Crippen molar-refractivity contribution in [2.45, 2.75) is 39.2 Å². The van der Waals surface area contributed by atoms with Crippen LogP contribution in [0.4, 0.5) is 0 Å². The second-order valence-corrected chi connectivity index (χ2v) is 7.05. The van der Waals surface area contributed by atoms with Crippen LogP contribution in [0.25, 0.3) is 5.65 Å². The van der Waals surface area contributed by atoms with Crippen LogP contribution in [-0.2, 0) is 11.2 Å². The lowest BCUT2D eigenvalue weighted by Crippen LogP contribution is -2.31. The fourth-order valence-electron chi connectivity index (χ4n) is 3.22. The molecule has 0 aliphatic heterocycles. The molecule has 1 amide bonds. The molecule has 0 unspecified atom stereocenters. The molecule has 2 aromatic heterocycles. The van der Waals surface area contributed by atoms with Crippen LogP contribution in [0.15, 0.2) is 48.7 Å². The summed E-state index contributed by atoms with van der Waals surface area (Å²) >= 11 is 0. The highest BCUT2D eigenvalue weighted by Crippen LogP contribution is 2.22. The minimum atomic E-state index is -0.174. The minimum Gasteiger partial charge on any atom is -0.496 e. The number of rotatable bonds is 8. The number of hydrogen-bond acceptors (Lipinski definition) is 4. The Morgan fingerprint density at radius 1 is 1.15 bits per heavy atom. The zero-order chi connectivity index (χ0) is 19.2. The Labute approximate surface area is 159 Å². The summed E-state index contributed by atoms with van der Waals surface area (Å²) in [4.78, 5) is 12.6. The predicted octanol–water partition coefficient (Wildman–Crippen LogP) is 3.57. The molecule has 0 saturated heterocycles. The van der Waals surface area contributed by atoms with Crippen LogP contribution in [0.3, 0.4) is 0 Å². The number of nitrogens with one attached hydrogen (secondary N) is 1. The van der Waals surface area contributed by atoms with Gasteiger partial charge in [-0.2, -0.15) is 0 Å². The van der Waals surface area contributed by atoms with Crippen molar-refractivity contribution >= 4 is 11.6 Å². The topological polar surface area (TPSA) is 68.5 Å². The van der Waals surface area contributed by atoms with Crippen molar-refractivity contribution in [3.05, 3.63) is 60.0 Å². The lowest BCUT2D eigenvalue weighted by Gasteiger charge is -2.19. The van der Waals surface area contributed by atoms with Crippen molar-refractivity contribution in [3.8, 4) is 5.75 Å². The van der Waals surface area contributed by atoms with Crippen molar-refractivity contribution < 1.29 is 9.53 Å². The van der Waals surface area contributed by atoms with Crippen LogP contribution in [0.2, 0.25) is 0 Å². The molecule has 0 fully saturated rings. The number of ether oxygens (including phenoxy) is 1. The number of para-hydroxylation sites is 1. The van der Waals surface area contributed by atoms with E-state index in [4.69, 9.17) is 4.74 Å². The Balaban J connectivity index is 1.72. The molecule has 0 spiro atoms. The van der Waals surface area contributed by atoms with Gasteiger partial charge in [-0.3, -0.25) is 9.20 Å². The van der Waals surface area contributed by atoms with Crippen molar-refractivity contribution in [1.82, 2.24) is 19.9 Å².